The summed E-state index contributed by atoms with van der Waals surface area (Å²) in [5.74, 6) is -0.325. The highest BCUT2D eigenvalue weighted by Crippen LogP contribution is 2.29. The number of methoxy groups -OCH3 is 1. The van der Waals surface area contributed by atoms with E-state index < -0.39 is 5.97 Å². The van der Waals surface area contributed by atoms with E-state index in [9.17, 15) is 9.59 Å². The van der Waals surface area contributed by atoms with Gasteiger partial charge in [-0.15, -0.1) is 0 Å². The Morgan fingerprint density at radius 3 is 2.52 bits per heavy atom. The normalized spacial score (nSPS) is 10.4. The Labute approximate surface area is 171 Å². The highest BCUT2D eigenvalue weighted by atomic mass is 16.6. The van der Waals surface area contributed by atoms with Crippen LogP contribution in [-0.2, 0) is 11.3 Å². The van der Waals surface area contributed by atoms with E-state index >= 15 is 0 Å². The van der Waals surface area contributed by atoms with E-state index in [4.69, 9.17) is 14.6 Å². The lowest BCUT2D eigenvalue weighted by Crippen LogP contribution is -2.09. The molecule has 2 aromatic rings. The molecule has 0 aliphatic heterocycles. The average molecular weight is 399 g/mol. The molecule has 0 saturated heterocycles. The molecule has 0 amide bonds. The highest BCUT2D eigenvalue weighted by molar-refractivity contribution is 5.88. The number of rotatable bonds is 12. The Balaban J connectivity index is 1.91. The number of carbonyl (C=O) groups is 2. The van der Waals surface area contributed by atoms with Gasteiger partial charge in [0.05, 0.1) is 12.7 Å². The molecule has 0 aliphatic carbocycles. The van der Waals surface area contributed by atoms with Crippen LogP contribution >= 0.6 is 0 Å². The van der Waals surface area contributed by atoms with Crippen LogP contribution in [0.4, 0.5) is 5.69 Å². The van der Waals surface area contributed by atoms with Crippen LogP contribution in [0, 0.1) is 0 Å². The topological polar surface area (TPSA) is 84.9 Å². The second kappa shape index (κ2) is 11.7. The maximum absolute atomic E-state index is 12.1. The molecule has 0 aliphatic rings. The number of carboxylic acids is 1. The minimum atomic E-state index is -0.966. The summed E-state index contributed by atoms with van der Waals surface area (Å²) in [7, 11) is 1.53. The van der Waals surface area contributed by atoms with E-state index in [1.54, 1.807) is 36.4 Å². The van der Waals surface area contributed by atoms with Gasteiger partial charge >= 0.3 is 11.9 Å². The molecule has 0 aromatic heterocycles. The summed E-state index contributed by atoms with van der Waals surface area (Å²) < 4.78 is 10.8. The zero-order valence-corrected chi connectivity index (χ0v) is 17.1. The molecule has 0 spiro atoms. The van der Waals surface area contributed by atoms with Gasteiger partial charge in [-0.3, -0.25) is 4.79 Å². The third-order valence-corrected chi connectivity index (χ3v) is 4.54. The van der Waals surface area contributed by atoms with Crippen LogP contribution in [0.25, 0.3) is 0 Å². The fourth-order valence-electron chi connectivity index (χ4n) is 2.92. The molecule has 0 fully saturated rings. The first-order chi connectivity index (χ1) is 14.0. The first-order valence-electron chi connectivity index (χ1n) is 9.98. The van der Waals surface area contributed by atoms with Gasteiger partial charge in [0.15, 0.2) is 11.5 Å². The number of esters is 1. The van der Waals surface area contributed by atoms with Gasteiger partial charge in [-0.1, -0.05) is 44.7 Å². The van der Waals surface area contributed by atoms with E-state index in [2.05, 4.69) is 12.2 Å². The largest absolute Gasteiger partial charge is 0.493 e. The quantitative estimate of drug-likeness (QED) is 0.287. The highest BCUT2D eigenvalue weighted by Gasteiger charge is 2.11. The van der Waals surface area contributed by atoms with Crippen molar-refractivity contribution in [2.45, 2.75) is 52.0 Å². The van der Waals surface area contributed by atoms with Crippen molar-refractivity contribution in [3.63, 3.8) is 0 Å². The molecule has 0 radical (unpaired) electrons. The molecule has 29 heavy (non-hydrogen) atoms. The second-order valence-electron chi connectivity index (χ2n) is 6.86. The van der Waals surface area contributed by atoms with Crippen LogP contribution in [0.5, 0.6) is 11.5 Å². The van der Waals surface area contributed by atoms with E-state index in [0.29, 0.717) is 30.2 Å². The van der Waals surface area contributed by atoms with Gasteiger partial charge in [-0.2, -0.15) is 0 Å². The fourth-order valence-corrected chi connectivity index (χ4v) is 2.92. The van der Waals surface area contributed by atoms with E-state index in [1.165, 1.54) is 20.0 Å². The van der Waals surface area contributed by atoms with Crippen LogP contribution in [-0.4, -0.2) is 24.2 Å². The molecule has 0 heterocycles. The van der Waals surface area contributed by atoms with Crippen molar-refractivity contribution >= 4 is 17.6 Å². The number of unbranched alkanes of at least 4 members (excludes halogenated alkanes) is 4. The zero-order valence-electron chi connectivity index (χ0n) is 17.1. The second-order valence-corrected chi connectivity index (χ2v) is 6.86. The molecule has 0 saturated carbocycles. The monoisotopic (exact) mass is 399 g/mol. The maximum atomic E-state index is 12.1. The number of nitrogens with one attached hydrogen (secondary N) is 1. The number of carboxylic acid groups (broad SMARTS) is 1. The number of aromatic carboxylic acids is 1. The van der Waals surface area contributed by atoms with Crippen LogP contribution in [0.1, 0.15) is 61.4 Å². The summed E-state index contributed by atoms with van der Waals surface area (Å²) in [6.45, 7) is 2.64. The molecule has 6 nitrogen and oxygen atoms in total. The molecule has 2 aromatic carbocycles. The Kier molecular flexibility index (Phi) is 9.02. The molecular formula is C23H29NO5. The Hall–Kier alpha value is -3.02. The van der Waals surface area contributed by atoms with Gasteiger partial charge in [0, 0.05) is 18.7 Å². The molecule has 0 atom stereocenters. The summed E-state index contributed by atoms with van der Waals surface area (Å²) in [6.07, 6.45) is 5.78. The first kappa shape index (κ1) is 22.3. The Bertz CT molecular complexity index is 819. The molecular weight excluding hydrogens is 370 g/mol. The van der Waals surface area contributed by atoms with Crippen molar-refractivity contribution in [2.75, 3.05) is 12.4 Å². The lowest BCUT2D eigenvalue weighted by atomic mass is 10.1. The van der Waals surface area contributed by atoms with Gasteiger partial charge < -0.3 is 19.9 Å². The smallest absolute Gasteiger partial charge is 0.335 e. The molecule has 156 valence electrons. The average Bonchev–Trinajstić information content (AvgIpc) is 2.73. The lowest BCUT2D eigenvalue weighted by Gasteiger charge is -2.12. The molecule has 2 N–H and O–H groups in total. The van der Waals surface area contributed by atoms with Gasteiger partial charge in [0.25, 0.3) is 0 Å². The molecule has 6 heteroatoms. The zero-order chi connectivity index (χ0) is 21.1. The predicted molar refractivity (Wildman–Crippen MR) is 113 cm³/mol. The van der Waals surface area contributed by atoms with E-state index in [1.807, 2.05) is 6.07 Å². The number of benzene rings is 2. The van der Waals surface area contributed by atoms with Gasteiger partial charge in [-0.05, 0) is 42.3 Å². The van der Waals surface area contributed by atoms with Crippen LogP contribution in [0.3, 0.4) is 0 Å². The minimum Gasteiger partial charge on any atom is -0.493 e. The van der Waals surface area contributed by atoms with Gasteiger partial charge in [0.2, 0.25) is 0 Å². The van der Waals surface area contributed by atoms with Crippen LogP contribution < -0.4 is 14.8 Å². The molecule has 0 unspecified atom stereocenters. The predicted octanol–water partition coefficient (Wildman–Crippen LogP) is 5.27. The Morgan fingerprint density at radius 1 is 1.00 bits per heavy atom. The maximum Gasteiger partial charge on any atom is 0.335 e. The van der Waals surface area contributed by atoms with Gasteiger partial charge in [-0.25, -0.2) is 4.79 Å². The summed E-state index contributed by atoms with van der Waals surface area (Å²) >= 11 is 0. The number of hydrogen-bond donors (Lipinski definition) is 2. The van der Waals surface area contributed by atoms with Crippen LogP contribution in [0.2, 0.25) is 0 Å². The third-order valence-electron chi connectivity index (χ3n) is 4.54. The number of hydrogen-bond acceptors (Lipinski definition) is 5. The lowest BCUT2D eigenvalue weighted by molar-refractivity contribution is -0.134. The van der Waals surface area contributed by atoms with Crippen molar-refractivity contribution in [3.05, 3.63) is 53.6 Å². The summed E-state index contributed by atoms with van der Waals surface area (Å²) in [5, 5.41) is 12.3. The van der Waals surface area contributed by atoms with Crippen molar-refractivity contribution in [2.24, 2.45) is 0 Å². The molecule has 2 rings (SSSR count). The Morgan fingerprint density at radius 2 is 1.79 bits per heavy atom. The van der Waals surface area contributed by atoms with E-state index in [-0.39, 0.29) is 11.5 Å². The van der Waals surface area contributed by atoms with E-state index in [0.717, 1.165) is 24.8 Å². The summed E-state index contributed by atoms with van der Waals surface area (Å²) in [6, 6.07) is 12.0. The molecule has 0 bridgehead atoms. The minimum absolute atomic E-state index is 0.226. The number of anilines is 1. The standard InChI is InChI=1S/C23H29NO5/c1-3-4-5-6-7-11-22(25)29-20-13-12-17(14-21(20)28-2)16-24-19-10-8-9-18(15-19)23(26)27/h8-10,12-15,24H,3-7,11,16H2,1-2H3,(H,26,27). The summed E-state index contributed by atoms with van der Waals surface area (Å²) in [5.41, 5.74) is 1.86. The number of ether oxygens (including phenoxy) is 2. The SMILES string of the molecule is CCCCCCCC(=O)Oc1ccc(CNc2cccc(C(=O)O)c2)cc1OC. The third kappa shape index (κ3) is 7.49. The summed E-state index contributed by atoms with van der Waals surface area (Å²) in [4.78, 5) is 23.1. The van der Waals surface area contributed by atoms with Crippen molar-refractivity contribution in [3.8, 4) is 11.5 Å². The van der Waals surface area contributed by atoms with Crippen LogP contribution in [0.15, 0.2) is 42.5 Å². The van der Waals surface area contributed by atoms with Crippen molar-refractivity contribution in [1.29, 1.82) is 0 Å². The van der Waals surface area contributed by atoms with Gasteiger partial charge in [0.1, 0.15) is 0 Å². The van der Waals surface area contributed by atoms with Crippen molar-refractivity contribution < 1.29 is 24.2 Å². The van der Waals surface area contributed by atoms with Crippen molar-refractivity contribution in [1.82, 2.24) is 0 Å². The fraction of sp³-hybridized carbons (Fsp3) is 0.391. The number of carbonyl (C=O) groups excluding carboxylic acids is 1. The first-order valence-corrected chi connectivity index (χ1v) is 9.98.